The molecule has 1 fully saturated rings. The molecule has 2 aromatic heterocycles. The van der Waals surface area contributed by atoms with Crippen molar-refractivity contribution in [3.63, 3.8) is 0 Å². The number of likely N-dealkylation sites (N-methyl/N-ethyl adjacent to an activating group) is 1. The molecule has 0 saturated carbocycles. The molecule has 3 heterocycles. The molecule has 146 valence electrons. The van der Waals surface area contributed by atoms with Crippen molar-refractivity contribution in [1.29, 1.82) is 0 Å². The second kappa shape index (κ2) is 7.24. The lowest BCUT2D eigenvalue weighted by atomic mass is 10.1. The molecule has 1 aliphatic rings. The zero-order chi connectivity index (χ0) is 19.8. The topological polar surface area (TPSA) is 66.3 Å². The number of benzene rings is 1. The number of anilines is 1. The van der Waals surface area contributed by atoms with Gasteiger partial charge < -0.3 is 9.80 Å². The number of rotatable bonds is 3. The molecule has 1 N–H and O–H groups in total. The summed E-state index contributed by atoms with van der Waals surface area (Å²) in [5.74, 6) is 1.34. The zero-order valence-corrected chi connectivity index (χ0v) is 16.8. The van der Waals surface area contributed by atoms with Gasteiger partial charge in [0.25, 0.3) is 0 Å². The van der Waals surface area contributed by atoms with Crippen LogP contribution in [0.15, 0.2) is 36.4 Å². The van der Waals surface area contributed by atoms with E-state index in [1.54, 1.807) is 4.68 Å². The average molecular weight is 378 g/mol. The number of likely N-dealkylation sites (tertiary alicyclic amines) is 1. The van der Waals surface area contributed by atoms with Crippen molar-refractivity contribution in [3.8, 4) is 5.82 Å². The van der Waals surface area contributed by atoms with Crippen LogP contribution in [0.3, 0.4) is 0 Å². The van der Waals surface area contributed by atoms with Crippen LogP contribution in [-0.2, 0) is 0 Å². The number of carbonyl (C=O) groups excluding carboxylic acids is 1. The highest BCUT2D eigenvalue weighted by Gasteiger charge is 2.28. The number of para-hydroxylation sites is 1. The number of hydrogen-bond donors (Lipinski definition) is 1. The fraction of sp³-hybridized carbons (Fsp3) is 0.381. The standard InChI is InChI=1S/C21H26N6O/c1-14-11-19(22-18-8-6-5-7-17(14)18)27-20(12-15(2)24-27)23-21(28)26-10-9-16(13-26)25(3)4/h5-8,11-12,16H,9-10,13H2,1-4H3,(H,23,28)/t16-/m1/s1. The maximum atomic E-state index is 12.8. The number of fused-ring (bicyclic) bond motifs is 1. The lowest BCUT2D eigenvalue weighted by Crippen LogP contribution is -2.37. The van der Waals surface area contributed by atoms with E-state index in [0.29, 0.717) is 17.7 Å². The third kappa shape index (κ3) is 3.45. The molecule has 0 bridgehead atoms. The van der Waals surface area contributed by atoms with Crippen molar-refractivity contribution in [2.75, 3.05) is 32.5 Å². The minimum absolute atomic E-state index is 0.0944. The first-order valence-electron chi connectivity index (χ1n) is 9.58. The Hall–Kier alpha value is -2.93. The first kappa shape index (κ1) is 18.4. The fourth-order valence-corrected chi connectivity index (χ4v) is 3.74. The average Bonchev–Trinajstić information content (AvgIpc) is 3.29. The molecule has 0 unspecified atom stereocenters. The Balaban J connectivity index is 1.62. The lowest BCUT2D eigenvalue weighted by Gasteiger charge is -2.21. The fourth-order valence-electron chi connectivity index (χ4n) is 3.74. The van der Waals surface area contributed by atoms with Crippen molar-refractivity contribution in [3.05, 3.63) is 47.7 Å². The summed E-state index contributed by atoms with van der Waals surface area (Å²) in [6, 6.07) is 12.2. The number of carbonyl (C=O) groups is 1. The molecule has 0 spiro atoms. The monoisotopic (exact) mass is 378 g/mol. The van der Waals surface area contributed by atoms with Gasteiger partial charge in [0, 0.05) is 30.6 Å². The Morgan fingerprint density at radius 3 is 2.75 bits per heavy atom. The van der Waals surface area contributed by atoms with Gasteiger partial charge >= 0.3 is 6.03 Å². The van der Waals surface area contributed by atoms with E-state index in [0.717, 1.165) is 41.7 Å². The summed E-state index contributed by atoms with van der Waals surface area (Å²) in [6.07, 6.45) is 0.990. The maximum Gasteiger partial charge on any atom is 0.323 e. The largest absolute Gasteiger partial charge is 0.323 e. The summed E-state index contributed by atoms with van der Waals surface area (Å²) in [4.78, 5) is 21.6. The van der Waals surface area contributed by atoms with Gasteiger partial charge in [-0.15, -0.1) is 0 Å². The van der Waals surface area contributed by atoms with Gasteiger partial charge in [-0.1, -0.05) is 18.2 Å². The lowest BCUT2D eigenvalue weighted by molar-refractivity contribution is 0.216. The second-order valence-electron chi connectivity index (χ2n) is 7.68. The zero-order valence-electron chi connectivity index (χ0n) is 16.8. The van der Waals surface area contributed by atoms with E-state index < -0.39 is 0 Å². The highest BCUT2D eigenvalue weighted by atomic mass is 16.2. The number of amides is 2. The molecule has 1 aromatic carbocycles. The Labute approximate surface area is 165 Å². The summed E-state index contributed by atoms with van der Waals surface area (Å²) in [5.41, 5.74) is 2.87. The van der Waals surface area contributed by atoms with Crippen molar-refractivity contribution in [2.24, 2.45) is 0 Å². The Morgan fingerprint density at radius 2 is 2.00 bits per heavy atom. The van der Waals surface area contributed by atoms with Crippen molar-refractivity contribution in [2.45, 2.75) is 26.3 Å². The smallest absolute Gasteiger partial charge is 0.323 e. The molecule has 1 atom stereocenters. The summed E-state index contributed by atoms with van der Waals surface area (Å²) in [7, 11) is 4.11. The highest BCUT2D eigenvalue weighted by Crippen LogP contribution is 2.23. The van der Waals surface area contributed by atoms with Gasteiger partial charge in [0.05, 0.1) is 11.2 Å². The molecule has 1 aliphatic heterocycles. The van der Waals surface area contributed by atoms with Crippen LogP contribution < -0.4 is 5.32 Å². The van der Waals surface area contributed by atoms with Crippen molar-refractivity contribution >= 4 is 22.8 Å². The normalized spacial score (nSPS) is 16.9. The minimum Gasteiger partial charge on any atom is -0.323 e. The van der Waals surface area contributed by atoms with Gasteiger partial charge in [-0.25, -0.2) is 9.78 Å². The first-order valence-corrected chi connectivity index (χ1v) is 9.58. The first-order chi connectivity index (χ1) is 13.4. The summed E-state index contributed by atoms with van der Waals surface area (Å²) >= 11 is 0. The van der Waals surface area contributed by atoms with Crippen LogP contribution in [0, 0.1) is 13.8 Å². The van der Waals surface area contributed by atoms with Gasteiger partial charge in [-0.05, 0) is 52.1 Å². The van der Waals surface area contributed by atoms with E-state index in [1.165, 1.54) is 0 Å². The molecule has 2 amide bonds. The molecule has 7 heteroatoms. The number of aryl methyl sites for hydroxylation is 2. The van der Waals surface area contributed by atoms with E-state index >= 15 is 0 Å². The number of nitrogens with one attached hydrogen (secondary N) is 1. The molecule has 28 heavy (non-hydrogen) atoms. The second-order valence-corrected chi connectivity index (χ2v) is 7.68. The van der Waals surface area contributed by atoms with Crippen LogP contribution in [0.25, 0.3) is 16.7 Å². The number of hydrogen-bond acceptors (Lipinski definition) is 4. The van der Waals surface area contributed by atoms with E-state index in [1.807, 2.05) is 42.2 Å². The molecule has 1 saturated heterocycles. The van der Waals surface area contributed by atoms with E-state index in [2.05, 4.69) is 42.4 Å². The van der Waals surface area contributed by atoms with Crippen molar-refractivity contribution in [1.82, 2.24) is 24.6 Å². The van der Waals surface area contributed by atoms with Gasteiger partial charge in [-0.2, -0.15) is 9.78 Å². The van der Waals surface area contributed by atoms with Crippen LogP contribution in [0.5, 0.6) is 0 Å². The predicted molar refractivity (Wildman–Crippen MR) is 111 cm³/mol. The Bertz CT molecular complexity index is 1020. The highest BCUT2D eigenvalue weighted by molar-refractivity contribution is 5.89. The van der Waals surface area contributed by atoms with Crippen LogP contribution in [0.4, 0.5) is 10.6 Å². The van der Waals surface area contributed by atoms with Crippen LogP contribution in [0.2, 0.25) is 0 Å². The van der Waals surface area contributed by atoms with Crippen LogP contribution >= 0.6 is 0 Å². The number of pyridine rings is 1. The molecule has 0 radical (unpaired) electrons. The van der Waals surface area contributed by atoms with Gasteiger partial charge in [0.1, 0.15) is 5.82 Å². The van der Waals surface area contributed by atoms with Gasteiger partial charge in [0.15, 0.2) is 5.82 Å². The van der Waals surface area contributed by atoms with E-state index in [4.69, 9.17) is 4.98 Å². The number of nitrogens with zero attached hydrogens (tertiary/aromatic N) is 5. The third-order valence-corrected chi connectivity index (χ3v) is 5.37. The van der Waals surface area contributed by atoms with Crippen LogP contribution in [-0.4, -0.2) is 63.8 Å². The molecular weight excluding hydrogens is 352 g/mol. The molecule has 4 rings (SSSR count). The van der Waals surface area contributed by atoms with E-state index in [9.17, 15) is 4.79 Å². The predicted octanol–water partition coefficient (Wildman–Crippen LogP) is 3.21. The molecule has 3 aromatic rings. The summed E-state index contributed by atoms with van der Waals surface area (Å²) < 4.78 is 1.71. The summed E-state index contributed by atoms with van der Waals surface area (Å²) in [5, 5.41) is 8.71. The Morgan fingerprint density at radius 1 is 1.21 bits per heavy atom. The number of urea groups is 1. The third-order valence-electron chi connectivity index (χ3n) is 5.37. The summed E-state index contributed by atoms with van der Waals surface area (Å²) in [6.45, 7) is 5.47. The number of aromatic nitrogens is 3. The van der Waals surface area contributed by atoms with Gasteiger partial charge in [0.2, 0.25) is 0 Å². The minimum atomic E-state index is -0.0944. The van der Waals surface area contributed by atoms with Crippen molar-refractivity contribution < 1.29 is 4.79 Å². The van der Waals surface area contributed by atoms with E-state index in [-0.39, 0.29) is 6.03 Å². The quantitative estimate of drug-likeness (QED) is 0.760. The SMILES string of the molecule is Cc1cc(NC(=O)N2CC[C@@H](N(C)C)C2)n(-c2cc(C)c3ccccc3n2)n1. The maximum absolute atomic E-state index is 12.8. The van der Waals surface area contributed by atoms with Gasteiger partial charge in [-0.3, -0.25) is 5.32 Å². The molecule has 0 aliphatic carbocycles. The van der Waals surface area contributed by atoms with Crippen LogP contribution in [0.1, 0.15) is 17.7 Å². The molecule has 7 nitrogen and oxygen atoms in total. The molecular formula is C21H26N6O. The Kier molecular flexibility index (Phi) is 4.77.